The molecule has 6 heteroatoms. The zero-order valence-electron chi connectivity index (χ0n) is 16.8. The van der Waals surface area contributed by atoms with Gasteiger partial charge in [-0.15, -0.1) is 0 Å². The summed E-state index contributed by atoms with van der Waals surface area (Å²) in [6.45, 7) is 4.10. The molecule has 1 aliphatic rings. The maximum Gasteiger partial charge on any atom is 0.342 e. The first-order chi connectivity index (χ1) is 14.0. The summed E-state index contributed by atoms with van der Waals surface area (Å²) >= 11 is 5.90. The number of ether oxygens (including phenoxy) is 2. The van der Waals surface area contributed by atoms with Gasteiger partial charge in [-0.25, -0.2) is 4.79 Å². The first-order valence-corrected chi connectivity index (χ1v) is 10.3. The fourth-order valence-electron chi connectivity index (χ4n) is 3.70. The standard InChI is InChI=1S/C23H26ClNO4/c1-16-6-5-7-17(2)25(16)22(26)15-29-23(27)20-8-3-4-9-21(20)28-14-18-10-12-19(24)13-11-18/h3-4,8-13,16-17H,5-7,14-15H2,1-2H3/t16-,17+. The van der Waals surface area contributed by atoms with Gasteiger partial charge in [0.25, 0.3) is 5.91 Å². The second-order valence-electron chi connectivity index (χ2n) is 7.42. The molecular weight excluding hydrogens is 390 g/mol. The number of piperidine rings is 1. The molecule has 154 valence electrons. The number of hydrogen-bond donors (Lipinski definition) is 0. The molecule has 0 aliphatic carbocycles. The van der Waals surface area contributed by atoms with Crippen LogP contribution in [0, 0.1) is 0 Å². The molecule has 0 radical (unpaired) electrons. The second-order valence-corrected chi connectivity index (χ2v) is 7.85. The van der Waals surface area contributed by atoms with Crippen molar-refractivity contribution in [3.8, 4) is 5.75 Å². The summed E-state index contributed by atoms with van der Waals surface area (Å²) in [5.41, 5.74) is 1.23. The van der Waals surface area contributed by atoms with Crippen LogP contribution in [-0.2, 0) is 16.1 Å². The number of nitrogens with zero attached hydrogens (tertiary/aromatic N) is 1. The van der Waals surface area contributed by atoms with Gasteiger partial charge < -0.3 is 14.4 Å². The minimum Gasteiger partial charge on any atom is -0.488 e. The molecule has 0 bridgehead atoms. The molecule has 29 heavy (non-hydrogen) atoms. The minimum absolute atomic E-state index is 0.155. The molecule has 2 aromatic rings. The van der Waals surface area contributed by atoms with Crippen molar-refractivity contribution in [2.24, 2.45) is 0 Å². The number of hydrogen-bond acceptors (Lipinski definition) is 4. The first kappa shape index (κ1) is 21.2. The van der Waals surface area contributed by atoms with Crippen molar-refractivity contribution in [2.45, 2.75) is 51.8 Å². The third-order valence-corrected chi connectivity index (χ3v) is 5.47. The predicted molar refractivity (Wildman–Crippen MR) is 112 cm³/mol. The Morgan fingerprint density at radius 3 is 2.38 bits per heavy atom. The van der Waals surface area contributed by atoms with E-state index in [1.807, 2.05) is 30.9 Å². The third-order valence-electron chi connectivity index (χ3n) is 5.22. The number of carbonyl (C=O) groups excluding carboxylic acids is 2. The normalized spacial score (nSPS) is 18.9. The van der Waals surface area contributed by atoms with Crippen LogP contribution in [0.5, 0.6) is 5.75 Å². The molecule has 5 nitrogen and oxygen atoms in total. The number of esters is 1. The summed E-state index contributed by atoms with van der Waals surface area (Å²) in [6, 6.07) is 14.5. The molecule has 0 unspecified atom stereocenters. The fourth-order valence-corrected chi connectivity index (χ4v) is 3.82. The van der Waals surface area contributed by atoms with Gasteiger partial charge in [0.15, 0.2) is 6.61 Å². The van der Waals surface area contributed by atoms with Gasteiger partial charge in [-0.05, 0) is 62.9 Å². The topological polar surface area (TPSA) is 55.8 Å². The molecule has 1 aliphatic heterocycles. The molecular formula is C23H26ClNO4. The average molecular weight is 416 g/mol. The van der Waals surface area contributed by atoms with Crippen molar-refractivity contribution in [1.82, 2.24) is 4.90 Å². The fraction of sp³-hybridized carbons (Fsp3) is 0.391. The number of carbonyl (C=O) groups is 2. The average Bonchev–Trinajstić information content (AvgIpc) is 2.71. The van der Waals surface area contributed by atoms with Crippen LogP contribution in [0.15, 0.2) is 48.5 Å². The van der Waals surface area contributed by atoms with E-state index >= 15 is 0 Å². The Bertz CT molecular complexity index is 842. The van der Waals surface area contributed by atoms with Crippen LogP contribution in [-0.4, -0.2) is 35.5 Å². The van der Waals surface area contributed by atoms with Gasteiger partial charge in [0.05, 0.1) is 0 Å². The van der Waals surface area contributed by atoms with Crippen LogP contribution in [0.25, 0.3) is 0 Å². The van der Waals surface area contributed by atoms with Crippen LogP contribution in [0.2, 0.25) is 5.02 Å². The van der Waals surface area contributed by atoms with Gasteiger partial charge >= 0.3 is 5.97 Å². The Balaban J connectivity index is 1.60. The molecule has 0 aromatic heterocycles. The summed E-state index contributed by atoms with van der Waals surface area (Å²) in [5.74, 6) is -0.306. The highest BCUT2D eigenvalue weighted by atomic mass is 35.5. The second kappa shape index (κ2) is 9.79. The highest BCUT2D eigenvalue weighted by Gasteiger charge is 2.29. The van der Waals surface area contributed by atoms with E-state index in [1.165, 1.54) is 0 Å². The van der Waals surface area contributed by atoms with Crippen LogP contribution >= 0.6 is 11.6 Å². The summed E-state index contributed by atoms with van der Waals surface area (Å²) in [6.07, 6.45) is 3.07. The number of rotatable bonds is 6. The summed E-state index contributed by atoms with van der Waals surface area (Å²) in [4.78, 5) is 27.0. The molecule has 1 heterocycles. The Kier molecular flexibility index (Phi) is 7.15. The smallest absolute Gasteiger partial charge is 0.342 e. The quantitative estimate of drug-likeness (QED) is 0.632. The van der Waals surface area contributed by atoms with Gasteiger partial charge in [0.1, 0.15) is 17.9 Å². The SMILES string of the molecule is C[C@@H]1CCC[C@H](C)N1C(=O)COC(=O)c1ccccc1OCc1ccc(Cl)cc1. The number of halogens is 1. The van der Waals surface area contributed by atoms with Crippen LogP contribution < -0.4 is 4.74 Å². The lowest BCUT2D eigenvalue weighted by Crippen LogP contribution is -2.49. The summed E-state index contributed by atoms with van der Waals surface area (Å²) in [7, 11) is 0. The summed E-state index contributed by atoms with van der Waals surface area (Å²) < 4.78 is 11.1. The van der Waals surface area contributed by atoms with E-state index < -0.39 is 5.97 Å². The maximum atomic E-state index is 12.6. The molecule has 1 fully saturated rings. The van der Waals surface area contributed by atoms with Crippen molar-refractivity contribution in [3.63, 3.8) is 0 Å². The molecule has 3 rings (SSSR count). The highest BCUT2D eigenvalue weighted by molar-refractivity contribution is 6.30. The first-order valence-electron chi connectivity index (χ1n) is 9.90. The monoisotopic (exact) mass is 415 g/mol. The summed E-state index contributed by atoms with van der Waals surface area (Å²) in [5, 5.41) is 0.653. The largest absolute Gasteiger partial charge is 0.488 e. The lowest BCUT2D eigenvalue weighted by molar-refractivity contribution is -0.140. The molecule has 0 spiro atoms. The van der Waals surface area contributed by atoms with Crippen LogP contribution in [0.1, 0.15) is 49.0 Å². The molecule has 2 aromatic carbocycles. The highest BCUT2D eigenvalue weighted by Crippen LogP contribution is 2.24. The number of likely N-dealkylation sites (tertiary alicyclic amines) is 1. The lowest BCUT2D eigenvalue weighted by atomic mass is 9.97. The minimum atomic E-state index is -0.567. The maximum absolute atomic E-state index is 12.6. The van der Waals surface area contributed by atoms with Crippen molar-refractivity contribution in [2.75, 3.05) is 6.61 Å². The Morgan fingerprint density at radius 2 is 1.69 bits per heavy atom. The van der Waals surface area contributed by atoms with E-state index in [9.17, 15) is 9.59 Å². The van der Waals surface area contributed by atoms with Gasteiger partial charge in [0, 0.05) is 17.1 Å². The number of amides is 1. The molecule has 0 saturated carbocycles. The van der Waals surface area contributed by atoms with E-state index in [0.717, 1.165) is 24.8 Å². The van der Waals surface area contributed by atoms with Gasteiger partial charge in [-0.2, -0.15) is 0 Å². The lowest BCUT2D eigenvalue weighted by Gasteiger charge is -2.38. The predicted octanol–water partition coefficient (Wildman–Crippen LogP) is 4.87. The van der Waals surface area contributed by atoms with Gasteiger partial charge in [-0.1, -0.05) is 35.9 Å². The molecule has 0 N–H and O–H groups in total. The van der Waals surface area contributed by atoms with Crippen molar-refractivity contribution in [1.29, 1.82) is 0 Å². The molecule has 2 atom stereocenters. The zero-order chi connectivity index (χ0) is 20.8. The van der Waals surface area contributed by atoms with Crippen molar-refractivity contribution in [3.05, 3.63) is 64.7 Å². The van der Waals surface area contributed by atoms with Crippen molar-refractivity contribution >= 4 is 23.5 Å². The van der Waals surface area contributed by atoms with Crippen molar-refractivity contribution < 1.29 is 19.1 Å². The molecule has 1 saturated heterocycles. The van der Waals surface area contributed by atoms with E-state index in [0.29, 0.717) is 22.9 Å². The number of para-hydroxylation sites is 1. The third kappa shape index (κ3) is 5.51. The van der Waals surface area contributed by atoms with E-state index in [1.54, 1.807) is 36.4 Å². The Hall–Kier alpha value is -2.53. The Morgan fingerprint density at radius 1 is 1.03 bits per heavy atom. The Labute approximate surface area is 176 Å². The van der Waals surface area contributed by atoms with E-state index in [4.69, 9.17) is 21.1 Å². The van der Waals surface area contributed by atoms with E-state index in [2.05, 4.69) is 0 Å². The van der Waals surface area contributed by atoms with Gasteiger partial charge in [-0.3, -0.25) is 4.79 Å². The zero-order valence-corrected chi connectivity index (χ0v) is 17.5. The number of benzene rings is 2. The van der Waals surface area contributed by atoms with Crippen LogP contribution in [0.4, 0.5) is 0 Å². The van der Waals surface area contributed by atoms with Crippen LogP contribution in [0.3, 0.4) is 0 Å². The molecule has 1 amide bonds. The van der Waals surface area contributed by atoms with Gasteiger partial charge in [0.2, 0.25) is 0 Å². The van der Waals surface area contributed by atoms with E-state index in [-0.39, 0.29) is 24.6 Å².